The summed E-state index contributed by atoms with van der Waals surface area (Å²) in [7, 11) is 1.58. The molecule has 7 heteroatoms. The van der Waals surface area contributed by atoms with Crippen LogP contribution in [0, 0.1) is 12.8 Å². The lowest BCUT2D eigenvalue weighted by Gasteiger charge is -2.20. The zero-order valence-corrected chi connectivity index (χ0v) is 17.7. The predicted octanol–water partition coefficient (Wildman–Crippen LogP) is 2.90. The molecule has 4 rings (SSSR count). The Bertz CT molecular complexity index is 1060. The average molecular weight is 418 g/mol. The van der Waals surface area contributed by atoms with Crippen LogP contribution < -0.4 is 15.0 Å². The van der Waals surface area contributed by atoms with E-state index in [-0.39, 0.29) is 24.2 Å². The first-order chi connectivity index (χ1) is 15.0. The van der Waals surface area contributed by atoms with Crippen molar-refractivity contribution in [3.8, 4) is 11.4 Å². The first kappa shape index (κ1) is 20.7. The summed E-state index contributed by atoms with van der Waals surface area (Å²) >= 11 is 0. The van der Waals surface area contributed by atoms with Gasteiger partial charge in [0.15, 0.2) is 0 Å². The Morgan fingerprint density at radius 1 is 1.23 bits per heavy atom. The molecule has 2 heterocycles. The number of amides is 2. The lowest BCUT2D eigenvalue weighted by atomic mass is 10.1. The minimum absolute atomic E-state index is 0.0572. The summed E-state index contributed by atoms with van der Waals surface area (Å²) in [6.07, 6.45) is 4.57. The quantitative estimate of drug-likeness (QED) is 0.640. The van der Waals surface area contributed by atoms with Gasteiger partial charge in [-0.15, -0.1) is 0 Å². The fourth-order valence-corrected chi connectivity index (χ4v) is 3.84. The molecule has 0 spiro atoms. The van der Waals surface area contributed by atoms with Gasteiger partial charge in [-0.1, -0.05) is 18.2 Å². The number of nitrogens with zero attached hydrogens (tertiary/aromatic N) is 3. The maximum Gasteiger partial charge on any atom is 0.227 e. The highest BCUT2D eigenvalue weighted by Gasteiger charge is 2.36. The van der Waals surface area contributed by atoms with Gasteiger partial charge in [0.05, 0.1) is 24.4 Å². The number of anilines is 1. The Balaban J connectivity index is 1.31. The van der Waals surface area contributed by atoms with Crippen molar-refractivity contribution in [2.45, 2.75) is 19.8 Å². The van der Waals surface area contributed by atoms with Gasteiger partial charge in [-0.3, -0.25) is 9.59 Å². The number of aromatic nitrogens is 2. The predicted molar refractivity (Wildman–Crippen MR) is 118 cm³/mol. The van der Waals surface area contributed by atoms with Gasteiger partial charge in [0.2, 0.25) is 11.8 Å². The van der Waals surface area contributed by atoms with Gasteiger partial charge in [0.1, 0.15) is 5.75 Å². The Hall–Kier alpha value is -3.61. The van der Waals surface area contributed by atoms with Gasteiger partial charge < -0.3 is 15.0 Å². The van der Waals surface area contributed by atoms with Crippen molar-refractivity contribution >= 4 is 17.5 Å². The molecule has 160 valence electrons. The standard InChI is InChI=1S/C24H26N4O3/c1-17-4-9-22(31-2)21(14-17)27-16-19(15-23(27)29)24(30)25-12-10-18-5-7-20(8-6-18)28-13-3-11-26-28/h3-9,11,13-14,19H,10,12,15-16H2,1-2H3,(H,25,30). The first-order valence-corrected chi connectivity index (χ1v) is 10.4. The number of methoxy groups -OCH3 is 1. The third-order valence-electron chi connectivity index (χ3n) is 5.54. The minimum Gasteiger partial charge on any atom is -0.495 e. The van der Waals surface area contributed by atoms with E-state index in [0.29, 0.717) is 18.8 Å². The van der Waals surface area contributed by atoms with E-state index in [1.165, 1.54) is 0 Å². The molecule has 3 aromatic rings. The number of ether oxygens (including phenoxy) is 1. The summed E-state index contributed by atoms with van der Waals surface area (Å²) < 4.78 is 7.21. The Morgan fingerprint density at radius 3 is 2.74 bits per heavy atom. The highest BCUT2D eigenvalue weighted by Crippen LogP contribution is 2.33. The lowest BCUT2D eigenvalue weighted by Crippen LogP contribution is -2.34. The van der Waals surface area contributed by atoms with Gasteiger partial charge in [-0.05, 0) is 54.8 Å². The monoisotopic (exact) mass is 418 g/mol. The molecule has 1 aliphatic heterocycles. The summed E-state index contributed by atoms with van der Waals surface area (Å²) in [4.78, 5) is 26.9. The highest BCUT2D eigenvalue weighted by atomic mass is 16.5. The average Bonchev–Trinajstić information content (AvgIpc) is 3.44. The molecule has 2 aromatic carbocycles. The maximum absolute atomic E-state index is 12.7. The molecular weight excluding hydrogens is 392 g/mol. The van der Waals surface area contributed by atoms with E-state index in [1.807, 2.05) is 61.7 Å². The summed E-state index contributed by atoms with van der Waals surface area (Å²) in [5.41, 5.74) is 3.88. The van der Waals surface area contributed by atoms with Crippen LogP contribution in [-0.4, -0.2) is 41.8 Å². The lowest BCUT2D eigenvalue weighted by molar-refractivity contribution is -0.126. The molecule has 31 heavy (non-hydrogen) atoms. The third-order valence-corrected chi connectivity index (χ3v) is 5.54. The molecule has 1 N–H and O–H groups in total. The van der Waals surface area contributed by atoms with E-state index in [0.717, 1.165) is 28.9 Å². The number of nitrogens with one attached hydrogen (secondary N) is 1. The van der Waals surface area contributed by atoms with E-state index in [9.17, 15) is 9.59 Å². The van der Waals surface area contributed by atoms with Crippen LogP contribution in [0.25, 0.3) is 5.69 Å². The molecule has 1 atom stereocenters. The second kappa shape index (κ2) is 9.04. The summed E-state index contributed by atoms with van der Waals surface area (Å²) in [5, 5.41) is 7.20. The number of hydrogen-bond acceptors (Lipinski definition) is 4. The first-order valence-electron chi connectivity index (χ1n) is 10.4. The van der Waals surface area contributed by atoms with Crippen molar-refractivity contribution in [3.05, 3.63) is 72.1 Å². The van der Waals surface area contributed by atoms with Crippen molar-refractivity contribution in [2.24, 2.45) is 5.92 Å². The number of hydrogen-bond donors (Lipinski definition) is 1. The molecule has 1 fully saturated rings. The third kappa shape index (κ3) is 4.60. The fourth-order valence-electron chi connectivity index (χ4n) is 3.84. The van der Waals surface area contributed by atoms with E-state index in [4.69, 9.17) is 4.74 Å². The van der Waals surface area contributed by atoms with Crippen LogP contribution >= 0.6 is 0 Å². The smallest absolute Gasteiger partial charge is 0.227 e. The van der Waals surface area contributed by atoms with Crippen molar-refractivity contribution in [1.29, 1.82) is 0 Å². The molecule has 7 nitrogen and oxygen atoms in total. The fraction of sp³-hybridized carbons (Fsp3) is 0.292. The molecular formula is C24H26N4O3. The zero-order valence-electron chi connectivity index (χ0n) is 17.7. The minimum atomic E-state index is -0.361. The number of benzene rings is 2. The van der Waals surface area contributed by atoms with Crippen LogP contribution in [0.1, 0.15) is 17.5 Å². The Kier molecular flexibility index (Phi) is 6.02. The summed E-state index contributed by atoms with van der Waals surface area (Å²) in [6, 6.07) is 15.7. The second-order valence-electron chi connectivity index (χ2n) is 7.74. The van der Waals surface area contributed by atoms with Crippen LogP contribution in [0.15, 0.2) is 60.9 Å². The topological polar surface area (TPSA) is 76.5 Å². The van der Waals surface area contributed by atoms with Crippen LogP contribution in [0.5, 0.6) is 5.75 Å². The van der Waals surface area contributed by atoms with Gasteiger partial charge in [0.25, 0.3) is 0 Å². The Morgan fingerprint density at radius 2 is 2.03 bits per heavy atom. The Labute approximate surface area is 181 Å². The molecule has 1 unspecified atom stereocenters. The van der Waals surface area contributed by atoms with Gasteiger partial charge in [-0.25, -0.2) is 4.68 Å². The van der Waals surface area contributed by atoms with Crippen LogP contribution in [0.4, 0.5) is 5.69 Å². The number of rotatable bonds is 7. The molecule has 0 saturated carbocycles. The van der Waals surface area contributed by atoms with E-state index in [1.54, 1.807) is 22.9 Å². The number of carbonyl (C=O) groups is 2. The van der Waals surface area contributed by atoms with Gasteiger partial charge >= 0.3 is 0 Å². The van der Waals surface area contributed by atoms with Crippen molar-refractivity contribution < 1.29 is 14.3 Å². The van der Waals surface area contributed by atoms with E-state index < -0.39 is 0 Å². The number of aryl methyl sites for hydroxylation is 1. The van der Waals surface area contributed by atoms with Gasteiger partial charge in [-0.2, -0.15) is 5.10 Å². The van der Waals surface area contributed by atoms with Gasteiger partial charge in [0, 0.05) is 31.9 Å². The molecule has 0 aliphatic carbocycles. The summed E-state index contributed by atoms with van der Waals surface area (Å²) in [6.45, 7) is 2.86. The zero-order chi connectivity index (χ0) is 21.8. The van der Waals surface area contributed by atoms with Crippen LogP contribution in [0.3, 0.4) is 0 Å². The normalized spacial score (nSPS) is 15.9. The largest absolute Gasteiger partial charge is 0.495 e. The van der Waals surface area contributed by atoms with Crippen molar-refractivity contribution in [1.82, 2.24) is 15.1 Å². The highest BCUT2D eigenvalue weighted by molar-refractivity contribution is 6.01. The van der Waals surface area contributed by atoms with Crippen LogP contribution in [-0.2, 0) is 16.0 Å². The molecule has 0 bridgehead atoms. The van der Waals surface area contributed by atoms with Crippen molar-refractivity contribution in [3.63, 3.8) is 0 Å². The summed E-state index contributed by atoms with van der Waals surface area (Å²) in [5.74, 6) is 0.132. The second-order valence-corrected chi connectivity index (χ2v) is 7.74. The maximum atomic E-state index is 12.7. The molecule has 2 amide bonds. The number of carbonyl (C=O) groups excluding carboxylic acids is 2. The van der Waals surface area contributed by atoms with Crippen LogP contribution in [0.2, 0.25) is 0 Å². The van der Waals surface area contributed by atoms with Crippen molar-refractivity contribution in [2.75, 3.05) is 25.1 Å². The SMILES string of the molecule is COc1ccc(C)cc1N1CC(C(=O)NCCc2ccc(-n3cccn3)cc2)CC1=O. The van der Waals surface area contributed by atoms with E-state index >= 15 is 0 Å². The molecule has 0 radical (unpaired) electrons. The molecule has 1 aliphatic rings. The molecule has 1 aromatic heterocycles. The van der Waals surface area contributed by atoms with E-state index in [2.05, 4.69) is 10.4 Å². The molecule has 1 saturated heterocycles.